The van der Waals surface area contributed by atoms with Crippen molar-refractivity contribution in [3.05, 3.63) is 35.4 Å². The van der Waals surface area contributed by atoms with Crippen molar-refractivity contribution in [3.63, 3.8) is 0 Å². The molecule has 2 heterocycles. The number of ether oxygens (including phenoxy) is 1. The summed E-state index contributed by atoms with van der Waals surface area (Å²) in [6, 6.07) is 2.69. The molecule has 1 saturated carbocycles. The first kappa shape index (κ1) is 25.3. The Kier molecular flexibility index (Phi) is 5.70. The predicted molar refractivity (Wildman–Crippen MR) is 121 cm³/mol. The lowest BCUT2D eigenvalue weighted by molar-refractivity contribution is -0.274. The van der Waals surface area contributed by atoms with E-state index < -0.39 is 74.9 Å². The van der Waals surface area contributed by atoms with E-state index in [4.69, 9.17) is 23.2 Å². The van der Waals surface area contributed by atoms with Gasteiger partial charge in [-0.1, -0.05) is 27.6 Å². The number of hydrogen-bond donors (Lipinski definition) is 2. The number of likely N-dealkylation sites (tertiary alicyclic amines) is 1. The first-order valence-corrected chi connectivity index (χ1v) is 12.6. The highest BCUT2D eigenvalue weighted by Gasteiger charge is 2.76. The number of rotatable bonds is 3. The molecule has 6 atom stereocenters. The number of fused-ring (bicyclic) bond motifs is 4. The molecule has 0 aromatic heterocycles. The third-order valence-corrected chi connectivity index (χ3v) is 9.32. The zero-order chi connectivity index (χ0) is 26.4. The van der Waals surface area contributed by atoms with Crippen molar-refractivity contribution in [2.75, 3.05) is 5.45 Å². The van der Waals surface area contributed by atoms with Crippen LogP contribution in [0.3, 0.4) is 0 Å². The van der Waals surface area contributed by atoms with Gasteiger partial charge in [-0.05, 0) is 37.0 Å². The van der Waals surface area contributed by atoms with Crippen LogP contribution in [0.25, 0.3) is 0 Å². The number of nitrogens with one attached hydrogen (secondary N) is 1. The maximum absolute atomic E-state index is 13.5. The number of carbonyl (C=O) groups excluding carboxylic acids is 4. The lowest BCUT2D eigenvalue weighted by Crippen LogP contribution is -2.60. The third kappa shape index (κ3) is 3.33. The predicted octanol–water partition coefficient (Wildman–Crippen LogP) is 3.29. The molecule has 1 aromatic rings. The van der Waals surface area contributed by atoms with Crippen molar-refractivity contribution < 1.29 is 42.2 Å². The summed E-state index contributed by atoms with van der Waals surface area (Å²) in [7, 11) is 0. The normalized spacial score (nSPS) is 35.7. The molecule has 14 heteroatoms. The molecule has 0 unspecified atom stereocenters. The van der Waals surface area contributed by atoms with Gasteiger partial charge in [-0.15, -0.1) is 36.4 Å². The third-order valence-electron chi connectivity index (χ3n) is 7.40. The summed E-state index contributed by atoms with van der Waals surface area (Å²) in [4.78, 5) is 48.4. The van der Waals surface area contributed by atoms with Crippen molar-refractivity contribution in [2.45, 2.75) is 34.9 Å². The molecule has 0 spiro atoms. The first-order valence-electron chi connectivity index (χ1n) is 10.7. The van der Waals surface area contributed by atoms with Crippen LogP contribution in [-0.2, 0) is 19.2 Å². The van der Waals surface area contributed by atoms with Crippen LogP contribution in [0.5, 0.6) is 11.5 Å². The van der Waals surface area contributed by atoms with Crippen molar-refractivity contribution in [1.82, 2.24) is 10.2 Å². The van der Waals surface area contributed by atoms with Gasteiger partial charge in [0, 0.05) is 11.5 Å². The number of phenolic OH excluding ortho intramolecular Hbond substituents is 1. The minimum atomic E-state index is -5.05. The van der Waals surface area contributed by atoms with E-state index in [0.29, 0.717) is 5.57 Å². The molecule has 4 amide bonds. The van der Waals surface area contributed by atoms with E-state index in [-0.39, 0.29) is 23.9 Å². The fourth-order valence-corrected chi connectivity index (χ4v) is 7.39. The zero-order valence-corrected chi connectivity index (χ0v) is 21.0. The number of allylic oxidation sites excluding steroid dienone is 2. The highest BCUT2D eigenvalue weighted by molar-refractivity contribution is 9.09. The Morgan fingerprint density at radius 3 is 2.47 bits per heavy atom. The Morgan fingerprint density at radius 1 is 1.14 bits per heavy atom. The van der Waals surface area contributed by atoms with Crippen LogP contribution in [0.4, 0.5) is 13.2 Å². The topological polar surface area (TPSA) is 113 Å². The highest BCUT2D eigenvalue weighted by atomic mass is 79.9. The Morgan fingerprint density at radius 2 is 1.83 bits per heavy atom. The fraction of sp³-hybridized carbons (Fsp3) is 0.455. The van der Waals surface area contributed by atoms with E-state index >= 15 is 0 Å². The van der Waals surface area contributed by atoms with E-state index in [0.717, 1.165) is 23.1 Å². The molecular weight excluding hydrogens is 596 g/mol. The summed E-state index contributed by atoms with van der Waals surface area (Å²) in [6.07, 6.45) is -3.67. The summed E-state index contributed by atoms with van der Waals surface area (Å²) in [6.45, 7) is 0. The molecule has 8 nitrogen and oxygen atoms in total. The van der Waals surface area contributed by atoms with Crippen LogP contribution in [-0.4, -0.2) is 55.2 Å². The number of alkyl halides is 6. The van der Waals surface area contributed by atoms with Gasteiger partial charge in [-0.25, -0.2) is 0 Å². The minimum absolute atomic E-state index is 0.0800. The summed E-state index contributed by atoms with van der Waals surface area (Å²) in [5.74, 6) is -8.05. The molecule has 1 aromatic carbocycles. The van der Waals surface area contributed by atoms with Crippen molar-refractivity contribution in [3.8, 4) is 11.5 Å². The Balaban J connectivity index is 1.75. The number of aromatic hydroxyl groups is 1. The van der Waals surface area contributed by atoms with Gasteiger partial charge in [0.15, 0.2) is 9.75 Å². The average molecular weight is 612 g/mol. The second-order valence-electron chi connectivity index (χ2n) is 9.11. The number of nitrogens with zero attached hydrogens (tertiary/aromatic N) is 1. The lowest BCUT2D eigenvalue weighted by atomic mass is 9.56. The molecule has 192 valence electrons. The molecule has 2 aliphatic carbocycles. The van der Waals surface area contributed by atoms with E-state index in [1.807, 2.05) is 0 Å². The number of imide groups is 2. The summed E-state index contributed by atoms with van der Waals surface area (Å²) < 4.78 is 42.8. The first-order chi connectivity index (χ1) is 16.7. The van der Waals surface area contributed by atoms with Crippen LogP contribution in [0.15, 0.2) is 29.8 Å². The molecule has 2 N–H and O–H groups in total. The van der Waals surface area contributed by atoms with Crippen molar-refractivity contribution in [2.24, 2.45) is 17.8 Å². The van der Waals surface area contributed by atoms with Gasteiger partial charge in [0.05, 0.1) is 17.3 Å². The number of benzene rings is 1. The average Bonchev–Trinajstić information content (AvgIpc) is 3.15. The Labute approximate surface area is 219 Å². The van der Waals surface area contributed by atoms with Gasteiger partial charge in [-0.2, -0.15) is 0 Å². The van der Waals surface area contributed by atoms with E-state index in [9.17, 15) is 37.5 Å². The number of halogens is 6. The van der Waals surface area contributed by atoms with Crippen molar-refractivity contribution in [1.29, 1.82) is 0 Å². The quantitative estimate of drug-likeness (QED) is 0.235. The SMILES string of the molecule is O=C1NC(=O)[C@H]2CC=C3[C@@H](C[C@@]4(Cl)C(=O)N(CBr)C(=O)[C@@]4(Cl)[C@H]3c3cc(OC(F)(F)F)ccc3O)[C@@H]12. The van der Waals surface area contributed by atoms with E-state index in [1.54, 1.807) is 6.08 Å². The second-order valence-corrected chi connectivity index (χ2v) is 10.9. The minimum Gasteiger partial charge on any atom is -0.508 e. The number of amides is 4. The van der Waals surface area contributed by atoms with Gasteiger partial charge in [0.1, 0.15) is 11.5 Å². The van der Waals surface area contributed by atoms with Crippen LogP contribution < -0.4 is 10.1 Å². The number of carbonyl (C=O) groups is 4. The van der Waals surface area contributed by atoms with Gasteiger partial charge < -0.3 is 9.84 Å². The fourth-order valence-electron chi connectivity index (χ4n) is 5.97. The standard InChI is InChI=1S/C22H16BrCl2F3N2O6/c23-7-30-18(34)20(24)6-12-9(2-3-10-14(12)17(33)29-16(10)32)15(21(20,25)19(30)35)11-5-8(1-4-13(11)31)36-22(26,27)28/h1-2,4-5,10,12,14-15,31H,3,6-7H2,(H,29,32,33)/t10-,12+,14-,15+,20+,21-/m0/s1. The smallest absolute Gasteiger partial charge is 0.508 e. The summed E-state index contributed by atoms with van der Waals surface area (Å²) >= 11 is 16.9. The molecule has 36 heavy (non-hydrogen) atoms. The molecular formula is C22H16BrCl2F3N2O6. The molecule has 0 radical (unpaired) electrons. The monoisotopic (exact) mass is 610 g/mol. The maximum Gasteiger partial charge on any atom is 0.573 e. The van der Waals surface area contributed by atoms with Gasteiger partial charge >= 0.3 is 6.36 Å². The Hall–Kier alpha value is -2.31. The highest BCUT2D eigenvalue weighted by Crippen LogP contribution is 2.66. The van der Waals surface area contributed by atoms with Crippen molar-refractivity contribution >= 4 is 62.8 Å². The molecule has 4 aliphatic rings. The van der Waals surface area contributed by atoms with Gasteiger partial charge in [0.2, 0.25) is 11.8 Å². The van der Waals surface area contributed by atoms with Gasteiger partial charge in [-0.3, -0.25) is 29.4 Å². The second kappa shape index (κ2) is 8.09. The summed E-state index contributed by atoms with van der Waals surface area (Å²) in [5, 5.41) is 13.0. The van der Waals surface area contributed by atoms with E-state index in [2.05, 4.69) is 26.0 Å². The molecule has 2 aliphatic heterocycles. The zero-order valence-electron chi connectivity index (χ0n) is 17.9. The van der Waals surface area contributed by atoms with Crippen LogP contribution >= 0.6 is 39.1 Å². The molecule has 5 rings (SSSR count). The maximum atomic E-state index is 13.5. The molecule has 3 fully saturated rings. The summed E-state index contributed by atoms with van der Waals surface area (Å²) in [5.41, 5.74) is -0.184. The Bertz CT molecular complexity index is 1260. The van der Waals surface area contributed by atoms with Crippen LogP contribution in [0, 0.1) is 17.8 Å². The largest absolute Gasteiger partial charge is 0.573 e. The molecule has 2 saturated heterocycles. The lowest BCUT2D eigenvalue weighted by Gasteiger charge is -2.50. The van der Waals surface area contributed by atoms with E-state index in [1.165, 1.54) is 0 Å². The van der Waals surface area contributed by atoms with Crippen LogP contribution in [0.2, 0.25) is 0 Å². The number of hydrogen-bond acceptors (Lipinski definition) is 6. The van der Waals surface area contributed by atoms with Crippen LogP contribution in [0.1, 0.15) is 24.3 Å². The number of phenols is 1. The van der Waals surface area contributed by atoms with Gasteiger partial charge in [0.25, 0.3) is 11.8 Å². The molecule has 0 bridgehead atoms.